The molecule has 0 aromatic heterocycles. The van der Waals surface area contributed by atoms with Crippen molar-refractivity contribution in [3.05, 3.63) is 53.6 Å². The van der Waals surface area contributed by atoms with E-state index in [9.17, 15) is 4.79 Å². The average Bonchev–Trinajstić information content (AvgIpc) is 2.63. The largest absolute Gasteiger partial charge is 0.496 e. The fourth-order valence-electron chi connectivity index (χ4n) is 2.10. The lowest BCUT2D eigenvalue weighted by Crippen LogP contribution is -2.23. The number of nitrogens with one attached hydrogen (secondary N) is 1. The monoisotopic (exact) mass is 373 g/mol. The molecule has 0 heterocycles. The van der Waals surface area contributed by atoms with E-state index in [2.05, 4.69) is 22.7 Å². The van der Waals surface area contributed by atoms with Gasteiger partial charge in [-0.1, -0.05) is 12.1 Å². The molecule has 8 heteroatoms. The van der Waals surface area contributed by atoms with Crippen LogP contribution in [0, 0.1) is 0 Å². The zero-order valence-electron chi connectivity index (χ0n) is 14.4. The minimum atomic E-state index is -0.542. The molecular weight excluding hydrogens is 354 g/mol. The van der Waals surface area contributed by atoms with Crippen molar-refractivity contribution in [2.45, 2.75) is 6.92 Å². The standard InChI is InChI=1S/C18H19N3O4S/c1-3-24-16-10-12(11-20-21-18(19)26)8-9-15(16)25-17(22)13-6-4-5-7-14(13)23-2/h4-11H,3H2,1-2H3,(H3,19,21,26). The van der Waals surface area contributed by atoms with Gasteiger partial charge in [-0.2, -0.15) is 5.10 Å². The molecule has 2 aromatic carbocycles. The molecule has 0 aliphatic carbocycles. The molecule has 0 bridgehead atoms. The van der Waals surface area contributed by atoms with Gasteiger partial charge in [0.2, 0.25) is 0 Å². The Bertz CT molecular complexity index is 824. The summed E-state index contributed by atoms with van der Waals surface area (Å²) in [5.74, 6) is 0.597. The molecule has 3 N–H and O–H groups in total. The lowest BCUT2D eigenvalue weighted by molar-refractivity contribution is 0.0725. The van der Waals surface area contributed by atoms with Crippen molar-refractivity contribution in [2.75, 3.05) is 13.7 Å². The molecule has 0 fully saturated rings. The summed E-state index contributed by atoms with van der Waals surface area (Å²) in [6.07, 6.45) is 1.52. The molecule has 0 atom stereocenters. The number of nitrogens with zero attached hydrogens (tertiary/aromatic N) is 1. The number of hydrazone groups is 1. The molecular formula is C18H19N3O4S. The van der Waals surface area contributed by atoms with Crippen LogP contribution in [-0.2, 0) is 0 Å². The van der Waals surface area contributed by atoms with Gasteiger partial charge in [-0.3, -0.25) is 5.43 Å². The molecule has 0 aliphatic heterocycles. The molecule has 0 saturated carbocycles. The van der Waals surface area contributed by atoms with Crippen molar-refractivity contribution in [2.24, 2.45) is 10.8 Å². The number of carbonyl (C=O) groups is 1. The summed E-state index contributed by atoms with van der Waals surface area (Å²) >= 11 is 4.67. The highest BCUT2D eigenvalue weighted by molar-refractivity contribution is 7.80. The first kappa shape index (κ1) is 19.2. The van der Waals surface area contributed by atoms with Crippen LogP contribution >= 0.6 is 12.2 Å². The van der Waals surface area contributed by atoms with Crippen molar-refractivity contribution >= 4 is 29.5 Å². The number of esters is 1. The third kappa shape index (κ3) is 5.18. The van der Waals surface area contributed by atoms with Crippen molar-refractivity contribution in [3.63, 3.8) is 0 Å². The quantitative estimate of drug-likeness (QED) is 0.253. The fourth-order valence-corrected chi connectivity index (χ4v) is 2.15. The summed E-state index contributed by atoms with van der Waals surface area (Å²) in [7, 11) is 1.49. The first-order valence-electron chi connectivity index (χ1n) is 7.75. The second-order valence-corrected chi connectivity index (χ2v) is 5.40. The summed E-state index contributed by atoms with van der Waals surface area (Å²) in [6, 6.07) is 11.9. The lowest BCUT2D eigenvalue weighted by Gasteiger charge is -2.12. The van der Waals surface area contributed by atoms with Gasteiger partial charge in [-0.05, 0) is 55.0 Å². The van der Waals surface area contributed by atoms with Crippen molar-refractivity contribution in [1.82, 2.24) is 5.43 Å². The molecule has 7 nitrogen and oxygen atoms in total. The predicted octanol–water partition coefficient (Wildman–Crippen LogP) is 2.48. The molecule has 26 heavy (non-hydrogen) atoms. The summed E-state index contributed by atoms with van der Waals surface area (Å²) < 4.78 is 16.2. The Labute approximate surface area is 156 Å². The van der Waals surface area contributed by atoms with E-state index in [4.69, 9.17) is 19.9 Å². The van der Waals surface area contributed by atoms with Crippen molar-refractivity contribution in [3.8, 4) is 17.2 Å². The van der Waals surface area contributed by atoms with Gasteiger partial charge in [0, 0.05) is 0 Å². The minimum absolute atomic E-state index is 0.0636. The molecule has 0 saturated heterocycles. The zero-order chi connectivity index (χ0) is 18.9. The number of rotatable bonds is 7. The van der Waals surface area contributed by atoms with E-state index in [1.54, 1.807) is 42.5 Å². The third-order valence-electron chi connectivity index (χ3n) is 3.19. The maximum atomic E-state index is 12.5. The molecule has 2 aromatic rings. The number of para-hydroxylation sites is 1. The maximum Gasteiger partial charge on any atom is 0.347 e. The van der Waals surface area contributed by atoms with E-state index in [1.165, 1.54) is 13.3 Å². The van der Waals surface area contributed by atoms with Gasteiger partial charge in [-0.25, -0.2) is 4.79 Å². The summed E-state index contributed by atoms with van der Waals surface area (Å²) in [4.78, 5) is 12.5. The SMILES string of the molecule is CCOc1cc(C=NNC(N)=S)ccc1OC(=O)c1ccccc1OC. The van der Waals surface area contributed by atoms with Crippen LogP contribution < -0.4 is 25.4 Å². The van der Waals surface area contributed by atoms with Crippen LogP contribution in [0.1, 0.15) is 22.8 Å². The average molecular weight is 373 g/mol. The van der Waals surface area contributed by atoms with Crippen LogP contribution in [0.3, 0.4) is 0 Å². The highest BCUT2D eigenvalue weighted by atomic mass is 32.1. The van der Waals surface area contributed by atoms with Gasteiger partial charge in [-0.15, -0.1) is 0 Å². The van der Waals surface area contributed by atoms with Gasteiger partial charge in [0.1, 0.15) is 11.3 Å². The summed E-state index contributed by atoms with van der Waals surface area (Å²) in [6.45, 7) is 2.24. The number of benzene rings is 2. The number of thiocarbonyl (C=S) groups is 1. The summed E-state index contributed by atoms with van der Waals surface area (Å²) in [5, 5.41) is 3.95. The van der Waals surface area contributed by atoms with Gasteiger partial charge < -0.3 is 19.9 Å². The molecule has 0 aliphatic rings. The van der Waals surface area contributed by atoms with Gasteiger partial charge in [0.05, 0.1) is 19.9 Å². The van der Waals surface area contributed by atoms with Crippen LogP contribution in [0.5, 0.6) is 17.2 Å². The second kappa shape index (κ2) is 9.38. The number of hydrogen-bond acceptors (Lipinski definition) is 6. The number of nitrogens with two attached hydrogens (primary N) is 1. The molecule has 136 valence electrons. The van der Waals surface area contributed by atoms with E-state index in [0.717, 1.165) is 0 Å². The second-order valence-electron chi connectivity index (χ2n) is 4.96. The van der Waals surface area contributed by atoms with Crippen molar-refractivity contribution in [1.29, 1.82) is 0 Å². The van der Waals surface area contributed by atoms with E-state index in [-0.39, 0.29) is 5.11 Å². The number of hydrogen-bond donors (Lipinski definition) is 2. The number of ether oxygens (including phenoxy) is 3. The maximum absolute atomic E-state index is 12.5. The zero-order valence-corrected chi connectivity index (χ0v) is 15.2. The third-order valence-corrected chi connectivity index (χ3v) is 3.28. The highest BCUT2D eigenvalue weighted by Crippen LogP contribution is 2.30. The number of methoxy groups -OCH3 is 1. The summed E-state index contributed by atoms with van der Waals surface area (Å²) in [5.41, 5.74) is 8.81. The molecule has 0 spiro atoms. The van der Waals surface area contributed by atoms with Gasteiger partial charge >= 0.3 is 5.97 Å². The van der Waals surface area contributed by atoms with E-state index in [1.807, 2.05) is 6.92 Å². The first-order chi connectivity index (χ1) is 12.5. The Hall–Kier alpha value is -3.13. The molecule has 2 rings (SSSR count). The van der Waals surface area contributed by atoms with Crippen molar-refractivity contribution < 1.29 is 19.0 Å². The Morgan fingerprint density at radius 2 is 2.00 bits per heavy atom. The first-order valence-corrected chi connectivity index (χ1v) is 8.16. The fraction of sp³-hybridized carbons (Fsp3) is 0.167. The van der Waals surface area contributed by atoms with Gasteiger partial charge in [0.15, 0.2) is 16.6 Å². The minimum Gasteiger partial charge on any atom is -0.496 e. The molecule has 0 amide bonds. The smallest absolute Gasteiger partial charge is 0.347 e. The van der Waals surface area contributed by atoms with Crippen LogP contribution in [0.25, 0.3) is 0 Å². The Kier molecular flexibility index (Phi) is 6.92. The Morgan fingerprint density at radius 1 is 1.23 bits per heavy atom. The molecule has 0 unspecified atom stereocenters. The normalized spacial score (nSPS) is 10.4. The van der Waals surface area contributed by atoms with E-state index >= 15 is 0 Å². The highest BCUT2D eigenvalue weighted by Gasteiger charge is 2.16. The van der Waals surface area contributed by atoms with Gasteiger partial charge in [0.25, 0.3) is 0 Å². The van der Waals surface area contributed by atoms with E-state index in [0.29, 0.717) is 35.0 Å². The van der Waals surface area contributed by atoms with Crippen LogP contribution in [0.15, 0.2) is 47.6 Å². The molecule has 0 radical (unpaired) electrons. The predicted molar refractivity (Wildman–Crippen MR) is 103 cm³/mol. The van der Waals surface area contributed by atoms with E-state index < -0.39 is 5.97 Å². The Balaban J connectivity index is 2.23. The van der Waals surface area contributed by atoms with Crippen LogP contribution in [0.4, 0.5) is 0 Å². The van der Waals surface area contributed by atoms with Crippen LogP contribution in [-0.4, -0.2) is 31.0 Å². The lowest BCUT2D eigenvalue weighted by atomic mass is 10.2. The number of carbonyl (C=O) groups excluding carboxylic acids is 1. The Morgan fingerprint density at radius 3 is 2.69 bits per heavy atom. The van der Waals surface area contributed by atoms with Crippen LogP contribution in [0.2, 0.25) is 0 Å². The topological polar surface area (TPSA) is 95.2 Å².